The fourth-order valence-electron chi connectivity index (χ4n) is 7.21. The number of carbonyl (C=O) groups excluding carboxylic acids is 3. The maximum Gasteiger partial charge on any atom is 0.399 e. The van der Waals surface area contributed by atoms with Crippen molar-refractivity contribution in [3.63, 3.8) is 0 Å². The molecule has 45 heavy (non-hydrogen) atoms. The predicted octanol–water partition coefficient (Wildman–Crippen LogP) is 3.51. The molecule has 5 atom stereocenters. The second-order valence-electron chi connectivity index (χ2n) is 13.1. The average Bonchev–Trinajstić information content (AvgIpc) is 3.30. The zero-order chi connectivity index (χ0) is 32.1. The standard InChI is InChI=1S/C29H32F2N5O7PS/c1-14-33-34-27(43-14)28(2)12-35(13-28)26(39)21-5-4-19-9-15-7-16(15)10-20(25(38)36(19)21)32-24(37)23-11-17-8-18(3-6-22(17)45-23)29(30,31)44(40,41)42/h3,6,8,11,15-16,19-21H,4-5,7,9-10,12-13H2,1-2H3,(H,32,37)(H2,40,41,42)/t15-,16+,19+,20-,21-/m0/s1. The molecule has 0 spiro atoms. The van der Waals surface area contributed by atoms with Crippen molar-refractivity contribution < 1.29 is 41.9 Å². The number of hydrogen-bond donors (Lipinski definition) is 3. The smallest absolute Gasteiger partial charge is 0.399 e. The van der Waals surface area contributed by atoms with Gasteiger partial charge in [0.25, 0.3) is 5.91 Å². The van der Waals surface area contributed by atoms with Gasteiger partial charge in [0.15, 0.2) is 0 Å². The summed E-state index contributed by atoms with van der Waals surface area (Å²) in [6.45, 7) is 4.46. The minimum atomic E-state index is -5.76. The Morgan fingerprint density at radius 2 is 1.87 bits per heavy atom. The molecule has 3 saturated heterocycles. The first-order valence-corrected chi connectivity index (χ1v) is 17.3. The summed E-state index contributed by atoms with van der Waals surface area (Å²) < 4.78 is 46.0. The summed E-state index contributed by atoms with van der Waals surface area (Å²) in [5.74, 6) is 0.665. The van der Waals surface area contributed by atoms with E-state index in [1.54, 1.807) is 16.7 Å². The monoisotopic (exact) mass is 663 g/mol. The molecule has 0 unspecified atom stereocenters. The van der Waals surface area contributed by atoms with Crippen LogP contribution < -0.4 is 5.32 Å². The Balaban J connectivity index is 1.08. The number of benzene rings is 1. The van der Waals surface area contributed by atoms with Crippen molar-refractivity contribution in [1.29, 1.82) is 0 Å². The van der Waals surface area contributed by atoms with Crippen molar-refractivity contribution in [1.82, 2.24) is 25.3 Å². The number of nitrogens with one attached hydrogen (secondary N) is 1. The molecule has 4 fully saturated rings. The summed E-state index contributed by atoms with van der Waals surface area (Å²) in [7, 11) is -5.76. The van der Waals surface area contributed by atoms with Gasteiger partial charge in [-0.05, 0) is 74.4 Å². The summed E-state index contributed by atoms with van der Waals surface area (Å²) in [6.07, 6.45) is 3.48. The lowest BCUT2D eigenvalue weighted by Gasteiger charge is -2.47. The molecule has 3 aliphatic heterocycles. The van der Waals surface area contributed by atoms with E-state index in [1.807, 2.05) is 6.92 Å². The van der Waals surface area contributed by atoms with Gasteiger partial charge in [-0.1, -0.05) is 6.07 Å². The number of fused-ring (bicyclic) bond motifs is 3. The normalized spacial score (nSPS) is 27.8. The molecule has 4 aliphatic rings. The predicted molar refractivity (Wildman–Crippen MR) is 156 cm³/mol. The Labute approximate surface area is 260 Å². The molecule has 3 N–H and O–H groups in total. The van der Waals surface area contributed by atoms with Gasteiger partial charge in [-0.15, -0.1) is 21.5 Å². The van der Waals surface area contributed by atoms with Crippen LogP contribution in [0.15, 0.2) is 28.7 Å². The Kier molecular flexibility index (Phi) is 7.01. The minimum absolute atomic E-state index is 0.0918. The third-order valence-corrected chi connectivity index (χ3v) is 11.8. The number of hydrogen-bond acceptors (Lipinski definition) is 8. The molecule has 0 radical (unpaired) electrons. The van der Waals surface area contributed by atoms with Gasteiger partial charge >= 0.3 is 13.3 Å². The van der Waals surface area contributed by atoms with Gasteiger partial charge in [0.1, 0.15) is 12.1 Å². The van der Waals surface area contributed by atoms with E-state index in [-0.39, 0.29) is 28.1 Å². The SMILES string of the molecule is Cc1nnc(C2(C)CN(C(=O)[C@@H]3CC[C@@H]4C[C@@H]5C[C@@H]5C[C@H](NC(=O)c5cc6cc(C(F)(F)P(=O)(O)O)ccc6s5)C(=O)N43)C2)o1. The molecule has 7 rings (SSSR count). The molecular formula is C29H32F2N5O7PS. The summed E-state index contributed by atoms with van der Waals surface area (Å²) in [5.41, 5.74) is -5.68. The van der Waals surface area contributed by atoms with Crippen LogP contribution in [0.3, 0.4) is 0 Å². The van der Waals surface area contributed by atoms with Crippen LogP contribution in [-0.4, -0.2) is 78.7 Å². The lowest BCUT2D eigenvalue weighted by atomic mass is 9.81. The lowest BCUT2D eigenvalue weighted by Crippen LogP contribution is -2.64. The zero-order valence-corrected chi connectivity index (χ0v) is 26.2. The number of alkyl halides is 2. The van der Waals surface area contributed by atoms with Crippen molar-refractivity contribution >= 4 is 46.7 Å². The summed E-state index contributed by atoms with van der Waals surface area (Å²) in [4.78, 5) is 63.0. The molecule has 5 heterocycles. The number of carbonyl (C=O) groups is 3. The third-order valence-electron chi connectivity index (χ3n) is 9.71. The van der Waals surface area contributed by atoms with Crippen molar-refractivity contribution in [3.8, 4) is 0 Å². The molecule has 240 valence electrons. The quantitative estimate of drug-likeness (QED) is 0.335. The first-order valence-electron chi connectivity index (χ1n) is 14.8. The van der Waals surface area contributed by atoms with Gasteiger partial charge in [-0.2, -0.15) is 8.78 Å². The van der Waals surface area contributed by atoms with E-state index in [0.29, 0.717) is 60.7 Å². The largest absolute Gasteiger partial charge is 0.425 e. The van der Waals surface area contributed by atoms with Crippen LogP contribution >= 0.6 is 18.9 Å². The van der Waals surface area contributed by atoms with Crippen LogP contribution in [0.25, 0.3) is 10.1 Å². The lowest BCUT2D eigenvalue weighted by molar-refractivity contribution is -0.152. The maximum atomic E-state index is 14.3. The molecule has 2 aromatic heterocycles. The Morgan fingerprint density at radius 3 is 2.56 bits per heavy atom. The first kappa shape index (κ1) is 30.4. The molecule has 16 heteroatoms. The fourth-order valence-corrected chi connectivity index (χ4v) is 8.63. The van der Waals surface area contributed by atoms with Gasteiger partial charge in [0, 0.05) is 36.3 Å². The van der Waals surface area contributed by atoms with E-state index in [1.165, 1.54) is 12.1 Å². The third kappa shape index (κ3) is 5.17. The van der Waals surface area contributed by atoms with Gasteiger partial charge in [-0.25, -0.2) is 0 Å². The number of amides is 3. The molecule has 12 nitrogen and oxygen atoms in total. The van der Waals surface area contributed by atoms with Crippen LogP contribution in [0.5, 0.6) is 0 Å². The minimum Gasteiger partial charge on any atom is -0.425 e. The molecule has 3 amide bonds. The summed E-state index contributed by atoms with van der Waals surface area (Å²) in [5, 5.41) is 11.1. The Morgan fingerprint density at radius 1 is 1.13 bits per heavy atom. The molecular weight excluding hydrogens is 631 g/mol. The number of aryl methyl sites for hydroxylation is 1. The van der Waals surface area contributed by atoms with E-state index in [9.17, 15) is 27.7 Å². The van der Waals surface area contributed by atoms with Gasteiger partial charge in [0.2, 0.25) is 23.6 Å². The van der Waals surface area contributed by atoms with Crippen LogP contribution in [-0.2, 0) is 25.2 Å². The van der Waals surface area contributed by atoms with Gasteiger partial charge in [-0.3, -0.25) is 18.9 Å². The summed E-state index contributed by atoms with van der Waals surface area (Å²) in [6, 6.07) is 2.97. The van der Waals surface area contributed by atoms with E-state index in [0.717, 1.165) is 36.3 Å². The second-order valence-corrected chi connectivity index (χ2v) is 15.8. The fraction of sp³-hybridized carbons (Fsp3) is 0.552. The van der Waals surface area contributed by atoms with Crippen molar-refractivity contribution in [2.45, 2.75) is 75.2 Å². The summed E-state index contributed by atoms with van der Waals surface area (Å²) >= 11 is 1.03. The van der Waals surface area contributed by atoms with Crippen LogP contribution in [0, 0.1) is 18.8 Å². The van der Waals surface area contributed by atoms with Crippen LogP contribution in [0.4, 0.5) is 8.78 Å². The highest BCUT2D eigenvalue weighted by Crippen LogP contribution is 2.59. The van der Waals surface area contributed by atoms with Crippen LogP contribution in [0.2, 0.25) is 0 Å². The topological polar surface area (TPSA) is 166 Å². The first-order chi connectivity index (χ1) is 21.1. The Bertz CT molecular complexity index is 1770. The van der Waals surface area contributed by atoms with Crippen molar-refractivity contribution in [2.24, 2.45) is 11.8 Å². The number of halogens is 2. The highest BCUT2D eigenvalue weighted by Gasteiger charge is 2.55. The Hall–Kier alpha value is -3.26. The zero-order valence-electron chi connectivity index (χ0n) is 24.5. The number of aromatic nitrogens is 2. The van der Waals surface area contributed by atoms with E-state index < -0.39 is 42.2 Å². The van der Waals surface area contributed by atoms with E-state index in [2.05, 4.69) is 15.5 Å². The average molecular weight is 664 g/mol. The van der Waals surface area contributed by atoms with Crippen LogP contribution in [0.1, 0.15) is 66.0 Å². The number of thiophene rings is 1. The van der Waals surface area contributed by atoms with Crippen molar-refractivity contribution in [3.05, 3.63) is 46.5 Å². The molecule has 3 aromatic rings. The van der Waals surface area contributed by atoms with E-state index >= 15 is 0 Å². The molecule has 0 bridgehead atoms. The highest BCUT2D eigenvalue weighted by molar-refractivity contribution is 7.52. The molecule has 1 aliphatic carbocycles. The van der Waals surface area contributed by atoms with Gasteiger partial charge < -0.3 is 29.3 Å². The molecule has 1 saturated carbocycles. The number of nitrogens with zero attached hydrogens (tertiary/aromatic N) is 4. The van der Waals surface area contributed by atoms with Gasteiger partial charge in [0.05, 0.1) is 10.3 Å². The van der Waals surface area contributed by atoms with E-state index in [4.69, 9.17) is 14.2 Å². The second kappa shape index (κ2) is 10.4. The highest BCUT2D eigenvalue weighted by atomic mass is 32.1. The maximum absolute atomic E-state index is 14.3. The molecule has 1 aromatic carbocycles. The number of likely N-dealkylation sites (tertiary alicyclic amines) is 1. The number of rotatable bonds is 6. The van der Waals surface area contributed by atoms with Crippen molar-refractivity contribution in [2.75, 3.05) is 13.1 Å².